The SMILES string of the molecule is COc1ccc(OC)c(OC)c1C=C(C#N)C#N. The van der Waals surface area contributed by atoms with Gasteiger partial charge in [0.05, 0.1) is 26.9 Å². The highest BCUT2D eigenvalue weighted by atomic mass is 16.5. The molecule has 1 aromatic rings. The summed E-state index contributed by atoms with van der Waals surface area (Å²) >= 11 is 0. The van der Waals surface area contributed by atoms with E-state index in [9.17, 15) is 0 Å². The number of benzene rings is 1. The van der Waals surface area contributed by atoms with E-state index in [2.05, 4.69) is 0 Å². The molecule has 0 atom stereocenters. The molecule has 0 radical (unpaired) electrons. The van der Waals surface area contributed by atoms with Crippen molar-refractivity contribution in [2.45, 2.75) is 0 Å². The molecule has 0 heterocycles. The van der Waals surface area contributed by atoms with Gasteiger partial charge in [-0.3, -0.25) is 0 Å². The number of ether oxygens (including phenoxy) is 3. The van der Waals surface area contributed by atoms with Gasteiger partial charge in [0.15, 0.2) is 11.5 Å². The summed E-state index contributed by atoms with van der Waals surface area (Å²) in [6.45, 7) is 0. The Morgan fingerprint density at radius 3 is 2.00 bits per heavy atom. The Morgan fingerprint density at radius 2 is 1.56 bits per heavy atom. The molecule has 0 bridgehead atoms. The highest BCUT2D eigenvalue weighted by Gasteiger charge is 2.14. The van der Waals surface area contributed by atoms with E-state index < -0.39 is 0 Å². The summed E-state index contributed by atoms with van der Waals surface area (Å²) in [5.74, 6) is 1.41. The van der Waals surface area contributed by atoms with E-state index in [1.165, 1.54) is 27.4 Å². The van der Waals surface area contributed by atoms with Crippen molar-refractivity contribution in [3.63, 3.8) is 0 Å². The van der Waals surface area contributed by atoms with Crippen LogP contribution >= 0.6 is 0 Å². The van der Waals surface area contributed by atoms with Gasteiger partial charge in [0.2, 0.25) is 0 Å². The van der Waals surface area contributed by atoms with Gasteiger partial charge in [-0.1, -0.05) is 0 Å². The third kappa shape index (κ3) is 2.53. The summed E-state index contributed by atoms with van der Waals surface area (Å²) in [5, 5.41) is 17.6. The summed E-state index contributed by atoms with van der Waals surface area (Å²) in [6.07, 6.45) is 1.40. The van der Waals surface area contributed by atoms with Gasteiger partial charge in [-0.25, -0.2) is 0 Å². The van der Waals surface area contributed by atoms with Crippen LogP contribution in [0.2, 0.25) is 0 Å². The molecule has 0 fully saturated rings. The van der Waals surface area contributed by atoms with Crippen LogP contribution in [0.1, 0.15) is 5.56 Å². The standard InChI is InChI=1S/C13H12N2O3/c1-16-11-4-5-12(17-2)13(18-3)10(11)6-9(7-14)8-15/h4-6H,1-3H3. The Balaban J connectivity index is 3.53. The molecule has 5 nitrogen and oxygen atoms in total. The molecule has 0 saturated heterocycles. The predicted molar refractivity (Wildman–Crippen MR) is 65.3 cm³/mol. The van der Waals surface area contributed by atoms with Crippen LogP contribution in [0.15, 0.2) is 17.7 Å². The van der Waals surface area contributed by atoms with Gasteiger partial charge in [-0.2, -0.15) is 10.5 Å². The van der Waals surface area contributed by atoms with Crippen LogP contribution in [0.3, 0.4) is 0 Å². The maximum absolute atomic E-state index is 8.79. The first-order chi connectivity index (χ1) is 8.71. The number of methoxy groups -OCH3 is 3. The third-order valence-corrected chi connectivity index (χ3v) is 2.29. The van der Waals surface area contributed by atoms with E-state index in [1.807, 2.05) is 0 Å². The first-order valence-electron chi connectivity index (χ1n) is 5.02. The molecule has 0 spiro atoms. The van der Waals surface area contributed by atoms with Crippen molar-refractivity contribution in [2.24, 2.45) is 0 Å². The number of hydrogen-bond donors (Lipinski definition) is 0. The highest BCUT2D eigenvalue weighted by molar-refractivity contribution is 5.73. The zero-order valence-electron chi connectivity index (χ0n) is 10.4. The minimum atomic E-state index is -0.0418. The van der Waals surface area contributed by atoms with Gasteiger partial charge in [-0.15, -0.1) is 0 Å². The number of hydrogen-bond acceptors (Lipinski definition) is 5. The maximum Gasteiger partial charge on any atom is 0.171 e. The quantitative estimate of drug-likeness (QED) is 0.758. The Labute approximate surface area is 105 Å². The fourth-order valence-electron chi connectivity index (χ4n) is 1.48. The minimum Gasteiger partial charge on any atom is -0.496 e. The van der Waals surface area contributed by atoms with Gasteiger partial charge in [0, 0.05) is 0 Å². The average molecular weight is 244 g/mol. The van der Waals surface area contributed by atoms with Crippen molar-refractivity contribution in [3.8, 4) is 29.4 Å². The lowest BCUT2D eigenvalue weighted by molar-refractivity contribution is 0.348. The normalized spacial score (nSPS) is 8.72. The van der Waals surface area contributed by atoms with Crippen molar-refractivity contribution < 1.29 is 14.2 Å². The summed E-state index contributed by atoms with van der Waals surface area (Å²) < 4.78 is 15.6. The molecule has 0 aliphatic carbocycles. The van der Waals surface area contributed by atoms with E-state index in [0.29, 0.717) is 22.8 Å². The molecule has 0 N–H and O–H groups in total. The third-order valence-electron chi connectivity index (χ3n) is 2.29. The van der Waals surface area contributed by atoms with Crippen molar-refractivity contribution >= 4 is 6.08 Å². The average Bonchev–Trinajstić information content (AvgIpc) is 2.43. The Bertz CT molecular complexity index is 535. The lowest BCUT2D eigenvalue weighted by Gasteiger charge is -2.13. The van der Waals surface area contributed by atoms with Gasteiger partial charge in [-0.05, 0) is 18.2 Å². The molecule has 0 saturated carbocycles. The molecule has 1 rings (SSSR count). The summed E-state index contributed by atoms with van der Waals surface area (Å²) in [7, 11) is 4.48. The summed E-state index contributed by atoms with van der Waals surface area (Å²) in [6, 6.07) is 6.94. The fourth-order valence-corrected chi connectivity index (χ4v) is 1.48. The van der Waals surface area contributed by atoms with Crippen LogP contribution in [-0.4, -0.2) is 21.3 Å². The van der Waals surface area contributed by atoms with Crippen LogP contribution in [0.5, 0.6) is 17.2 Å². The number of nitrogens with zero attached hydrogens (tertiary/aromatic N) is 2. The molecule has 0 aromatic heterocycles. The molecule has 5 heteroatoms. The molecule has 1 aromatic carbocycles. The van der Waals surface area contributed by atoms with Crippen LogP contribution in [0, 0.1) is 22.7 Å². The first kappa shape index (κ1) is 13.4. The van der Waals surface area contributed by atoms with Gasteiger partial charge in [0.1, 0.15) is 23.5 Å². The summed E-state index contributed by atoms with van der Waals surface area (Å²) in [5.41, 5.74) is 0.456. The maximum atomic E-state index is 8.79. The van der Waals surface area contributed by atoms with Crippen LogP contribution < -0.4 is 14.2 Å². The predicted octanol–water partition coefficient (Wildman–Crippen LogP) is 2.14. The Hall–Kier alpha value is -2.66. The number of allylic oxidation sites excluding steroid dienone is 1. The summed E-state index contributed by atoms with van der Waals surface area (Å²) in [4.78, 5) is 0. The van der Waals surface area contributed by atoms with E-state index in [0.717, 1.165) is 0 Å². The molecule has 0 aliphatic heterocycles. The highest BCUT2D eigenvalue weighted by Crippen LogP contribution is 2.38. The smallest absolute Gasteiger partial charge is 0.171 e. The topological polar surface area (TPSA) is 75.3 Å². The zero-order chi connectivity index (χ0) is 13.5. The molecule has 0 amide bonds. The van der Waals surface area contributed by atoms with Gasteiger partial charge < -0.3 is 14.2 Å². The van der Waals surface area contributed by atoms with Crippen molar-refractivity contribution in [1.82, 2.24) is 0 Å². The Kier molecular flexibility index (Phi) is 4.59. The lowest BCUT2D eigenvalue weighted by atomic mass is 10.1. The van der Waals surface area contributed by atoms with E-state index in [-0.39, 0.29) is 5.57 Å². The van der Waals surface area contributed by atoms with Crippen LogP contribution in [0.25, 0.3) is 6.08 Å². The monoisotopic (exact) mass is 244 g/mol. The fraction of sp³-hybridized carbons (Fsp3) is 0.231. The second-order valence-electron chi connectivity index (χ2n) is 3.20. The molecule has 18 heavy (non-hydrogen) atoms. The first-order valence-corrected chi connectivity index (χ1v) is 5.02. The Morgan fingerprint density at radius 1 is 1.00 bits per heavy atom. The molecular formula is C13H12N2O3. The van der Waals surface area contributed by atoms with Crippen molar-refractivity contribution in [1.29, 1.82) is 10.5 Å². The second-order valence-corrected chi connectivity index (χ2v) is 3.20. The number of nitriles is 2. The molecule has 92 valence electrons. The number of rotatable bonds is 4. The largest absolute Gasteiger partial charge is 0.496 e. The zero-order valence-corrected chi connectivity index (χ0v) is 10.4. The van der Waals surface area contributed by atoms with Crippen LogP contribution in [-0.2, 0) is 0 Å². The second kappa shape index (κ2) is 6.17. The minimum absolute atomic E-state index is 0.0418. The van der Waals surface area contributed by atoms with E-state index in [4.69, 9.17) is 24.7 Å². The van der Waals surface area contributed by atoms with Gasteiger partial charge >= 0.3 is 0 Å². The molecular weight excluding hydrogens is 232 g/mol. The van der Waals surface area contributed by atoms with Crippen molar-refractivity contribution in [2.75, 3.05) is 21.3 Å². The van der Waals surface area contributed by atoms with Crippen molar-refractivity contribution in [3.05, 3.63) is 23.3 Å². The van der Waals surface area contributed by atoms with Crippen LogP contribution in [0.4, 0.5) is 0 Å². The molecule has 0 aliphatic rings. The van der Waals surface area contributed by atoms with E-state index >= 15 is 0 Å². The lowest BCUT2D eigenvalue weighted by Crippen LogP contribution is -1.96. The van der Waals surface area contributed by atoms with E-state index in [1.54, 1.807) is 24.3 Å². The molecule has 0 unspecified atom stereocenters. The van der Waals surface area contributed by atoms with Gasteiger partial charge in [0.25, 0.3) is 0 Å².